The van der Waals surface area contributed by atoms with E-state index in [9.17, 15) is 9.18 Å². The number of aryl methyl sites for hydroxylation is 1. The minimum Gasteiger partial charge on any atom is -0.370 e. The molecule has 1 aromatic carbocycles. The Balaban J connectivity index is 1.89. The van der Waals surface area contributed by atoms with Crippen molar-refractivity contribution in [3.63, 3.8) is 0 Å². The van der Waals surface area contributed by atoms with Crippen molar-refractivity contribution in [2.24, 2.45) is 5.92 Å². The van der Waals surface area contributed by atoms with E-state index < -0.39 is 5.54 Å². The number of nitrogens with one attached hydrogen (secondary N) is 2. The van der Waals surface area contributed by atoms with E-state index in [0.717, 1.165) is 37.3 Å². The summed E-state index contributed by atoms with van der Waals surface area (Å²) in [5, 5.41) is 6.28. The Kier molecular flexibility index (Phi) is 3.19. The topological polar surface area (TPSA) is 41.1 Å². The van der Waals surface area contributed by atoms with Crippen LogP contribution in [0.25, 0.3) is 0 Å². The summed E-state index contributed by atoms with van der Waals surface area (Å²) < 4.78 is 13.6. The second-order valence-corrected chi connectivity index (χ2v) is 6.16. The van der Waals surface area contributed by atoms with Crippen molar-refractivity contribution < 1.29 is 9.18 Å². The molecular formula is C16H21FN2O. The van der Waals surface area contributed by atoms with Crippen LogP contribution < -0.4 is 10.6 Å². The van der Waals surface area contributed by atoms with Gasteiger partial charge < -0.3 is 10.6 Å². The number of anilines is 2. The lowest BCUT2D eigenvalue weighted by molar-refractivity contribution is -0.121. The molecule has 4 heteroatoms. The van der Waals surface area contributed by atoms with E-state index in [1.54, 1.807) is 13.0 Å². The van der Waals surface area contributed by atoms with E-state index in [-0.39, 0.29) is 11.7 Å². The third kappa shape index (κ3) is 2.07. The Hall–Kier alpha value is -1.58. The first-order valence-electron chi connectivity index (χ1n) is 7.44. The van der Waals surface area contributed by atoms with Gasteiger partial charge in [0, 0.05) is 0 Å². The summed E-state index contributed by atoms with van der Waals surface area (Å²) in [7, 11) is 0. The molecule has 2 N–H and O–H groups in total. The molecule has 1 heterocycles. The monoisotopic (exact) mass is 276 g/mol. The Labute approximate surface area is 118 Å². The predicted molar refractivity (Wildman–Crippen MR) is 78.4 cm³/mol. The van der Waals surface area contributed by atoms with Crippen LogP contribution in [0.3, 0.4) is 0 Å². The van der Waals surface area contributed by atoms with Crippen LogP contribution in [0, 0.1) is 18.7 Å². The molecule has 20 heavy (non-hydrogen) atoms. The van der Waals surface area contributed by atoms with Crippen molar-refractivity contribution in [1.29, 1.82) is 0 Å². The van der Waals surface area contributed by atoms with E-state index in [4.69, 9.17) is 0 Å². The number of halogens is 1. The Morgan fingerprint density at radius 2 is 2.00 bits per heavy atom. The van der Waals surface area contributed by atoms with Gasteiger partial charge in [-0.2, -0.15) is 0 Å². The lowest BCUT2D eigenvalue weighted by Crippen LogP contribution is -2.54. The first kappa shape index (κ1) is 13.4. The maximum atomic E-state index is 13.6. The van der Waals surface area contributed by atoms with Crippen LogP contribution in [-0.2, 0) is 4.79 Å². The summed E-state index contributed by atoms with van der Waals surface area (Å²) >= 11 is 0. The van der Waals surface area contributed by atoms with Gasteiger partial charge in [-0.05, 0) is 56.2 Å². The number of carbonyl (C=O) groups excluding carboxylic acids is 1. The van der Waals surface area contributed by atoms with E-state index >= 15 is 0 Å². The van der Waals surface area contributed by atoms with Gasteiger partial charge in [0.15, 0.2) is 0 Å². The highest BCUT2D eigenvalue weighted by Gasteiger charge is 2.44. The molecule has 0 bridgehead atoms. The van der Waals surface area contributed by atoms with Crippen molar-refractivity contribution >= 4 is 17.3 Å². The molecule has 0 atom stereocenters. The SMILES string of the molecule is CCC1CCC2(CC1)Nc1cc(C)c(F)cc1NC2=O. The molecular weight excluding hydrogens is 255 g/mol. The summed E-state index contributed by atoms with van der Waals surface area (Å²) in [6.45, 7) is 3.95. The first-order chi connectivity index (χ1) is 9.54. The molecule has 0 unspecified atom stereocenters. The molecule has 1 amide bonds. The molecule has 0 saturated heterocycles. The van der Waals surface area contributed by atoms with E-state index in [1.165, 1.54) is 12.5 Å². The number of carbonyl (C=O) groups is 1. The predicted octanol–water partition coefficient (Wildman–Crippen LogP) is 3.84. The normalized spacial score (nSPS) is 28.8. The van der Waals surface area contributed by atoms with Crippen molar-refractivity contribution in [1.82, 2.24) is 0 Å². The number of fused-ring (bicyclic) bond motifs is 1. The largest absolute Gasteiger partial charge is 0.370 e. The third-order valence-electron chi connectivity index (χ3n) is 4.89. The van der Waals surface area contributed by atoms with Crippen LogP contribution >= 0.6 is 0 Å². The average molecular weight is 276 g/mol. The molecule has 1 aliphatic carbocycles. The van der Waals surface area contributed by atoms with Crippen LogP contribution in [0.1, 0.15) is 44.6 Å². The zero-order valence-corrected chi connectivity index (χ0v) is 12.1. The lowest BCUT2D eigenvalue weighted by atomic mass is 9.74. The zero-order valence-electron chi connectivity index (χ0n) is 12.1. The highest BCUT2D eigenvalue weighted by Crippen LogP contribution is 2.41. The minimum absolute atomic E-state index is 0.0113. The second-order valence-electron chi connectivity index (χ2n) is 6.16. The van der Waals surface area contributed by atoms with Crippen molar-refractivity contribution in [3.05, 3.63) is 23.5 Å². The Morgan fingerprint density at radius 3 is 2.65 bits per heavy atom. The summed E-state index contributed by atoms with van der Waals surface area (Å²) in [4.78, 5) is 12.4. The van der Waals surface area contributed by atoms with E-state index in [1.807, 2.05) is 0 Å². The van der Waals surface area contributed by atoms with Gasteiger partial charge in [0.1, 0.15) is 11.4 Å². The van der Waals surface area contributed by atoms with Gasteiger partial charge in [-0.15, -0.1) is 0 Å². The van der Waals surface area contributed by atoms with Crippen LogP contribution in [0.4, 0.5) is 15.8 Å². The molecule has 0 radical (unpaired) electrons. The van der Waals surface area contributed by atoms with Crippen molar-refractivity contribution in [2.45, 2.75) is 51.5 Å². The van der Waals surface area contributed by atoms with Crippen LogP contribution in [-0.4, -0.2) is 11.4 Å². The highest BCUT2D eigenvalue weighted by atomic mass is 19.1. The molecule has 3 rings (SSSR count). The molecule has 108 valence electrons. The van der Waals surface area contributed by atoms with Crippen molar-refractivity contribution in [3.8, 4) is 0 Å². The van der Waals surface area contributed by atoms with Gasteiger partial charge in [0.05, 0.1) is 11.4 Å². The fourth-order valence-corrected chi connectivity index (χ4v) is 3.38. The van der Waals surface area contributed by atoms with Gasteiger partial charge in [-0.3, -0.25) is 4.79 Å². The second kappa shape index (κ2) is 4.76. The lowest BCUT2D eigenvalue weighted by Gasteiger charge is -2.43. The van der Waals surface area contributed by atoms with Gasteiger partial charge in [-0.1, -0.05) is 13.3 Å². The molecule has 2 aliphatic rings. The smallest absolute Gasteiger partial charge is 0.250 e. The summed E-state index contributed by atoms with van der Waals surface area (Å²) in [5.41, 5.74) is 1.51. The van der Waals surface area contributed by atoms with Gasteiger partial charge in [-0.25, -0.2) is 4.39 Å². The molecule has 1 spiro atoms. The van der Waals surface area contributed by atoms with E-state index in [0.29, 0.717) is 11.3 Å². The maximum absolute atomic E-state index is 13.6. The van der Waals surface area contributed by atoms with Gasteiger partial charge in [0.2, 0.25) is 5.91 Å². The van der Waals surface area contributed by atoms with Gasteiger partial charge >= 0.3 is 0 Å². The third-order valence-corrected chi connectivity index (χ3v) is 4.89. The molecule has 1 aromatic rings. The first-order valence-corrected chi connectivity index (χ1v) is 7.44. The fraction of sp³-hybridized carbons (Fsp3) is 0.562. The van der Waals surface area contributed by atoms with Crippen LogP contribution in [0.2, 0.25) is 0 Å². The molecule has 1 aliphatic heterocycles. The number of amides is 1. The molecule has 0 aromatic heterocycles. The van der Waals surface area contributed by atoms with Gasteiger partial charge in [0.25, 0.3) is 0 Å². The highest BCUT2D eigenvalue weighted by molar-refractivity contribution is 6.06. The number of hydrogen-bond acceptors (Lipinski definition) is 2. The summed E-state index contributed by atoms with van der Waals surface area (Å²) in [6, 6.07) is 3.19. The minimum atomic E-state index is -0.497. The molecule has 1 fully saturated rings. The number of rotatable bonds is 1. The quantitative estimate of drug-likeness (QED) is 0.818. The Morgan fingerprint density at radius 1 is 1.30 bits per heavy atom. The number of hydrogen-bond donors (Lipinski definition) is 2. The van der Waals surface area contributed by atoms with Crippen molar-refractivity contribution in [2.75, 3.05) is 10.6 Å². The fourth-order valence-electron chi connectivity index (χ4n) is 3.38. The number of benzene rings is 1. The molecule has 1 saturated carbocycles. The van der Waals surface area contributed by atoms with Crippen LogP contribution in [0.15, 0.2) is 12.1 Å². The summed E-state index contributed by atoms with van der Waals surface area (Å²) in [5.74, 6) is 0.436. The Bertz CT molecular complexity index is 548. The summed E-state index contributed by atoms with van der Waals surface area (Å²) in [6.07, 6.45) is 5.04. The average Bonchev–Trinajstić information content (AvgIpc) is 2.44. The van der Waals surface area contributed by atoms with Crippen LogP contribution in [0.5, 0.6) is 0 Å². The van der Waals surface area contributed by atoms with E-state index in [2.05, 4.69) is 17.6 Å². The molecule has 3 nitrogen and oxygen atoms in total. The standard InChI is InChI=1S/C16H21FN2O/c1-3-11-4-6-16(7-5-11)15(20)18-13-9-12(17)10(2)8-14(13)19-16/h8-9,11,19H,3-7H2,1-2H3,(H,18,20). The zero-order chi connectivity index (χ0) is 14.3. The maximum Gasteiger partial charge on any atom is 0.250 e.